The number of rotatable bonds is 7. The Morgan fingerprint density at radius 1 is 1.30 bits per heavy atom. The molecular weight excluding hydrogens is 248 g/mol. The lowest BCUT2D eigenvalue weighted by atomic mass is 9.92. The van der Waals surface area contributed by atoms with Crippen molar-refractivity contribution in [3.05, 3.63) is 30.0 Å². The molecule has 0 bridgehead atoms. The molecule has 0 radical (unpaired) electrons. The zero-order valence-corrected chi connectivity index (χ0v) is 12.7. The standard InChI is InChI=1S/C17H24N2O/c1-4-6-9-13(5-2)12-16(20)17-14-10-7-8-11-15(14)19(3)18-17/h7-8,10-11,13H,4-6,9,12H2,1-3H3. The van der Waals surface area contributed by atoms with E-state index >= 15 is 0 Å². The Balaban J connectivity index is 2.19. The highest BCUT2D eigenvalue weighted by Gasteiger charge is 2.19. The quantitative estimate of drug-likeness (QED) is 0.702. The molecule has 0 N–H and O–H groups in total. The maximum Gasteiger partial charge on any atom is 0.183 e. The molecule has 1 unspecified atom stereocenters. The van der Waals surface area contributed by atoms with Crippen molar-refractivity contribution in [1.82, 2.24) is 9.78 Å². The summed E-state index contributed by atoms with van der Waals surface area (Å²) in [7, 11) is 1.90. The van der Waals surface area contributed by atoms with E-state index in [1.54, 1.807) is 4.68 Å². The van der Waals surface area contributed by atoms with Gasteiger partial charge in [-0.05, 0) is 12.0 Å². The number of hydrogen-bond acceptors (Lipinski definition) is 2. The van der Waals surface area contributed by atoms with Crippen LogP contribution >= 0.6 is 0 Å². The van der Waals surface area contributed by atoms with Crippen molar-refractivity contribution in [2.24, 2.45) is 13.0 Å². The van der Waals surface area contributed by atoms with Crippen LogP contribution in [0.15, 0.2) is 24.3 Å². The lowest BCUT2D eigenvalue weighted by Gasteiger charge is -2.12. The molecule has 3 nitrogen and oxygen atoms in total. The Bertz CT molecular complexity index is 586. The lowest BCUT2D eigenvalue weighted by Crippen LogP contribution is -2.09. The third-order valence-electron chi connectivity index (χ3n) is 4.04. The van der Waals surface area contributed by atoms with Crippen molar-refractivity contribution < 1.29 is 4.79 Å². The first-order chi connectivity index (χ1) is 9.67. The van der Waals surface area contributed by atoms with Crippen LogP contribution in [0.1, 0.15) is 56.4 Å². The second-order valence-corrected chi connectivity index (χ2v) is 5.53. The lowest BCUT2D eigenvalue weighted by molar-refractivity contribution is 0.0953. The van der Waals surface area contributed by atoms with Gasteiger partial charge in [-0.1, -0.05) is 57.7 Å². The summed E-state index contributed by atoms with van der Waals surface area (Å²) in [5, 5.41) is 5.40. The molecule has 0 saturated heterocycles. The molecule has 2 rings (SSSR count). The Kier molecular flexibility index (Phi) is 4.94. The predicted molar refractivity (Wildman–Crippen MR) is 83.0 cm³/mol. The van der Waals surface area contributed by atoms with Crippen LogP contribution in [0.5, 0.6) is 0 Å². The van der Waals surface area contributed by atoms with Gasteiger partial charge in [0, 0.05) is 18.9 Å². The van der Waals surface area contributed by atoms with Gasteiger partial charge < -0.3 is 0 Å². The number of unbranched alkanes of at least 4 members (excludes halogenated alkanes) is 1. The van der Waals surface area contributed by atoms with Gasteiger partial charge in [-0.25, -0.2) is 0 Å². The number of carbonyl (C=O) groups excluding carboxylic acids is 1. The van der Waals surface area contributed by atoms with E-state index in [4.69, 9.17) is 0 Å². The number of Topliss-reactive ketones (excluding diaryl/α,β-unsaturated/α-hetero) is 1. The minimum Gasteiger partial charge on any atom is -0.292 e. The summed E-state index contributed by atoms with van der Waals surface area (Å²) in [6.07, 6.45) is 5.23. The molecule has 0 aliphatic carbocycles. The molecule has 1 atom stereocenters. The van der Waals surface area contributed by atoms with Crippen LogP contribution < -0.4 is 0 Å². The van der Waals surface area contributed by atoms with E-state index in [9.17, 15) is 4.79 Å². The van der Waals surface area contributed by atoms with Gasteiger partial charge in [0.1, 0.15) is 5.69 Å². The molecule has 3 heteroatoms. The second kappa shape index (κ2) is 6.69. The number of hydrogen-bond donors (Lipinski definition) is 0. The summed E-state index contributed by atoms with van der Waals surface area (Å²) in [5.74, 6) is 0.674. The molecule has 0 fully saturated rings. The highest BCUT2D eigenvalue weighted by molar-refractivity contribution is 6.06. The number of ketones is 1. The van der Waals surface area contributed by atoms with E-state index in [-0.39, 0.29) is 5.78 Å². The number of nitrogens with zero attached hydrogens (tertiary/aromatic N) is 2. The normalized spacial score (nSPS) is 12.8. The van der Waals surface area contributed by atoms with Crippen LogP contribution in [0.4, 0.5) is 0 Å². The summed E-state index contributed by atoms with van der Waals surface area (Å²) in [4.78, 5) is 12.5. The van der Waals surface area contributed by atoms with E-state index in [0.29, 0.717) is 18.0 Å². The third kappa shape index (κ3) is 3.09. The molecule has 2 aromatic rings. The smallest absolute Gasteiger partial charge is 0.183 e. The number of aryl methyl sites for hydroxylation is 1. The molecule has 108 valence electrons. The van der Waals surface area contributed by atoms with Crippen molar-refractivity contribution >= 4 is 16.7 Å². The molecule has 0 aliphatic heterocycles. The highest BCUT2D eigenvalue weighted by atomic mass is 16.1. The van der Waals surface area contributed by atoms with Crippen LogP contribution in [0.3, 0.4) is 0 Å². The first-order valence-electron chi connectivity index (χ1n) is 7.62. The van der Waals surface area contributed by atoms with E-state index in [1.165, 1.54) is 12.8 Å². The van der Waals surface area contributed by atoms with Gasteiger partial charge in [0.25, 0.3) is 0 Å². The molecule has 0 amide bonds. The van der Waals surface area contributed by atoms with Crippen molar-refractivity contribution in [2.45, 2.75) is 46.0 Å². The largest absolute Gasteiger partial charge is 0.292 e. The van der Waals surface area contributed by atoms with Gasteiger partial charge in [-0.3, -0.25) is 9.48 Å². The summed E-state index contributed by atoms with van der Waals surface area (Å²) >= 11 is 0. The summed E-state index contributed by atoms with van der Waals surface area (Å²) < 4.78 is 1.80. The van der Waals surface area contributed by atoms with Crippen LogP contribution in [0.2, 0.25) is 0 Å². The number of benzene rings is 1. The van der Waals surface area contributed by atoms with Crippen LogP contribution in [-0.4, -0.2) is 15.6 Å². The van der Waals surface area contributed by atoms with Gasteiger partial charge in [-0.15, -0.1) is 0 Å². The number of carbonyl (C=O) groups is 1. The average Bonchev–Trinajstić information content (AvgIpc) is 2.81. The topological polar surface area (TPSA) is 34.9 Å². The van der Waals surface area contributed by atoms with E-state index in [2.05, 4.69) is 18.9 Å². The van der Waals surface area contributed by atoms with Crippen molar-refractivity contribution in [3.63, 3.8) is 0 Å². The van der Waals surface area contributed by atoms with Crippen molar-refractivity contribution in [3.8, 4) is 0 Å². The van der Waals surface area contributed by atoms with E-state index in [1.807, 2.05) is 31.3 Å². The highest BCUT2D eigenvalue weighted by Crippen LogP contribution is 2.23. The van der Waals surface area contributed by atoms with Gasteiger partial charge in [-0.2, -0.15) is 5.10 Å². The first-order valence-corrected chi connectivity index (χ1v) is 7.62. The Labute approximate surface area is 121 Å². The number of fused-ring (bicyclic) bond motifs is 1. The third-order valence-corrected chi connectivity index (χ3v) is 4.04. The average molecular weight is 272 g/mol. The Morgan fingerprint density at radius 2 is 2.05 bits per heavy atom. The fourth-order valence-corrected chi connectivity index (χ4v) is 2.72. The van der Waals surface area contributed by atoms with Gasteiger partial charge in [0.05, 0.1) is 5.52 Å². The minimum atomic E-state index is 0.185. The number of aromatic nitrogens is 2. The Morgan fingerprint density at radius 3 is 2.75 bits per heavy atom. The molecular formula is C17H24N2O. The van der Waals surface area contributed by atoms with Gasteiger partial charge >= 0.3 is 0 Å². The summed E-state index contributed by atoms with van der Waals surface area (Å²) in [6, 6.07) is 7.94. The molecule has 0 spiro atoms. The maximum atomic E-state index is 12.5. The predicted octanol–water partition coefficient (Wildman–Crippen LogP) is 4.36. The van der Waals surface area contributed by atoms with Crippen LogP contribution in [0.25, 0.3) is 10.9 Å². The molecule has 1 heterocycles. The minimum absolute atomic E-state index is 0.185. The van der Waals surface area contributed by atoms with Crippen molar-refractivity contribution in [2.75, 3.05) is 0 Å². The first kappa shape index (κ1) is 14.8. The zero-order chi connectivity index (χ0) is 14.5. The second-order valence-electron chi connectivity index (χ2n) is 5.53. The number of para-hydroxylation sites is 1. The summed E-state index contributed by atoms with van der Waals surface area (Å²) in [5.41, 5.74) is 1.66. The van der Waals surface area contributed by atoms with Crippen LogP contribution in [0, 0.1) is 5.92 Å². The molecule has 1 aromatic carbocycles. The van der Waals surface area contributed by atoms with E-state index < -0.39 is 0 Å². The zero-order valence-electron chi connectivity index (χ0n) is 12.7. The maximum absolute atomic E-state index is 12.5. The molecule has 0 aliphatic rings. The fourth-order valence-electron chi connectivity index (χ4n) is 2.72. The van der Waals surface area contributed by atoms with Gasteiger partial charge in [0.2, 0.25) is 0 Å². The monoisotopic (exact) mass is 272 g/mol. The van der Waals surface area contributed by atoms with Gasteiger partial charge in [0.15, 0.2) is 5.78 Å². The SMILES string of the molecule is CCCCC(CC)CC(=O)c1nn(C)c2ccccc12. The Hall–Kier alpha value is -1.64. The molecule has 0 saturated carbocycles. The van der Waals surface area contributed by atoms with Crippen LogP contribution in [-0.2, 0) is 7.05 Å². The summed E-state index contributed by atoms with van der Waals surface area (Å²) in [6.45, 7) is 4.37. The van der Waals surface area contributed by atoms with E-state index in [0.717, 1.165) is 23.7 Å². The molecule has 1 aromatic heterocycles. The van der Waals surface area contributed by atoms with Crippen molar-refractivity contribution in [1.29, 1.82) is 0 Å². The fraction of sp³-hybridized carbons (Fsp3) is 0.529. The molecule has 20 heavy (non-hydrogen) atoms.